The summed E-state index contributed by atoms with van der Waals surface area (Å²) in [5.41, 5.74) is 7.08. The van der Waals surface area contributed by atoms with Gasteiger partial charge >= 0.3 is 0 Å². The van der Waals surface area contributed by atoms with E-state index in [0.717, 1.165) is 24.7 Å². The van der Waals surface area contributed by atoms with Crippen molar-refractivity contribution in [1.29, 1.82) is 5.41 Å². The van der Waals surface area contributed by atoms with E-state index in [1.807, 2.05) is 0 Å². The van der Waals surface area contributed by atoms with Gasteiger partial charge in [-0.15, -0.1) is 0 Å². The first-order chi connectivity index (χ1) is 8.17. The zero-order chi connectivity index (χ0) is 12.4. The van der Waals surface area contributed by atoms with Crippen molar-refractivity contribution in [3.8, 4) is 0 Å². The lowest BCUT2D eigenvalue weighted by Gasteiger charge is -2.16. The summed E-state index contributed by atoms with van der Waals surface area (Å²) < 4.78 is 13.4. The maximum absolute atomic E-state index is 13.4. The maximum atomic E-state index is 13.4. The molecule has 0 saturated heterocycles. The number of nitrogens with one attached hydrogen (secondary N) is 1. The van der Waals surface area contributed by atoms with E-state index < -0.39 is 5.82 Å². The molecule has 0 unspecified atom stereocenters. The average Bonchev–Trinajstić information content (AvgIpc) is 3.13. The van der Waals surface area contributed by atoms with E-state index in [4.69, 9.17) is 11.1 Å². The van der Waals surface area contributed by atoms with Gasteiger partial charge in [-0.25, -0.2) is 9.40 Å². The van der Waals surface area contributed by atoms with Crippen LogP contribution in [0.3, 0.4) is 0 Å². The molecule has 0 spiro atoms. The van der Waals surface area contributed by atoms with Crippen molar-refractivity contribution in [1.82, 2.24) is 0 Å². The molecule has 1 fully saturated rings. The molecule has 0 atom stereocenters. The minimum atomic E-state index is -0.422. The molecule has 90 valence electrons. The van der Waals surface area contributed by atoms with Gasteiger partial charge in [0, 0.05) is 0 Å². The summed E-state index contributed by atoms with van der Waals surface area (Å²) in [5.74, 6) is -0.0800. The highest BCUT2D eigenvalue weighted by Crippen LogP contribution is 2.45. The van der Waals surface area contributed by atoms with Crippen LogP contribution in [0.25, 0.3) is 0 Å². The van der Waals surface area contributed by atoms with E-state index in [0.29, 0.717) is 11.6 Å². The minimum Gasteiger partial charge on any atom is -0.396 e. The zero-order valence-corrected chi connectivity index (χ0v) is 9.52. The second-order valence-corrected chi connectivity index (χ2v) is 3.97. The molecule has 1 aromatic rings. The van der Waals surface area contributed by atoms with E-state index in [1.165, 1.54) is 24.2 Å². The van der Waals surface area contributed by atoms with Crippen LogP contribution in [0.1, 0.15) is 24.3 Å². The first kappa shape index (κ1) is 11.5. The van der Waals surface area contributed by atoms with Gasteiger partial charge in [0.05, 0.1) is 18.4 Å². The van der Waals surface area contributed by atoms with Crippen molar-refractivity contribution < 1.29 is 4.39 Å². The Morgan fingerprint density at radius 1 is 1.53 bits per heavy atom. The van der Waals surface area contributed by atoms with Crippen LogP contribution in [0, 0.1) is 11.2 Å². The molecule has 0 bridgehead atoms. The van der Waals surface area contributed by atoms with Crippen molar-refractivity contribution in [2.75, 3.05) is 17.8 Å². The summed E-state index contributed by atoms with van der Waals surface area (Å²) in [6.07, 6.45) is 3.10. The Labute approximate surface area is 98.6 Å². The van der Waals surface area contributed by atoms with Gasteiger partial charge in [-0.1, -0.05) is 5.22 Å². The number of nitrogens with zero attached hydrogens (tertiary/aromatic N) is 3. The van der Waals surface area contributed by atoms with Gasteiger partial charge in [0.2, 0.25) is 0 Å². The first-order valence-corrected chi connectivity index (χ1v) is 5.36. The lowest BCUT2D eigenvalue weighted by Crippen LogP contribution is -2.14. The molecule has 6 heteroatoms. The lowest BCUT2D eigenvalue weighted by molar-refractivity contribution is 0.630. The van der Waals surface area contributed by atoms with Crippen LogP contribution in [0.2, 0.25) is 0 Å². The van der Waals surface area contributed by atoms with Gasteiger partial charge in [-0.2, -0.15) is 5.11 Å². The summed E-state index contributed by atoms with van der Waals surface area (Å²) in [6.45, 7) is 0. The second kappa shape index (κ2) is 4.48. The third kappa shape index (κ3) is 2.25. The molecule has 1 saturated carbocycles. The van der Waals surface area contributed by atoms with Crippen molar-refractivity contribution in [2.45, 2.75) is 18.8 Å². The summed E-state index contributed by atoms with van der Waals surface area (Å²) in [4.78, 5) is 0. The Balaban J connectivity index is 2.49. The minimum absolute atomic E-state index is 0.0579. The molecule has 3 N–H and O–H groups in total. The van der Waals surface area contributed by atoms with E-state index in [9.17, 15) is 4.39 Å². The molecule has 17 heavy (non-hydrogen) atoms. The molecule has 5 nitrogen and oxygen atoms in total. The number of nitrogen functional groups attached to an aromatic ring is 1. The summed E-state index contributed by atoms with van der Waals surface area (Å²) in [7, 11) is 1.51. The molecule has 1 aliphatic carbocycles. The molecule has 0 aliphatic heterocycles. The molecule has 1 aliphatic rings. The van der Waals surface area contributed by atoms with Crippen molar-refractivity contribution in [3.63, 3.8) is 0 Å². The van der Waals surface area contributed by atoms with Gasteiger partial charge in [0.15, 0.2) is 0 Å². The fraction of sp³-hybridized carbons (Fsp3) is 0.364. The SMILES string of the molecule is C/N=N\N(C=N)c1cc(N)c(F)cc1C1CC1. The van der Waals surface area contributed by atoms with Gasteiger partial charge in [-0.05, 0) is 36.5 Å². The summed E-state index contributed by atoms with van der Waals surface area (Å²) in [5, 5.41) is 16.0. The van der Waals surface area contributed by atoms with Crippen LogP contribution in [0.15, 0.2) is 22.5 Å². The fourth-order valence-corrected chi connectivity index (χ4v) is 1.75. The van der Waals surface area contributed by atoms with Gasteiger partial charge in [0.25, 0.3) is 0 Å². The number of benzene rings is 1. The second-order valence-electron chi connectivity index (χ2n) is 3.97. The smallest absolute Gasteiger partial charge is 0.146 e. The van der Waals surface area contributed by atoms with Crippen molar-refractivity contribution >= 4 is 17.7 Å². The lowest BCUT2D eigenvalue weighted by atomic mass is 10.1. The van der Waals surface area contributed by atoms with E-state index in [1.54, 1.807) is 0 Å². The average molecular weight is 235 g/mol. The molecule has 2 rings (SSSR count). The van der Waals surface area contributed by atoms with Gasteiger partial charge in [-0.3, -0.25) is 5.41 Å². The maximum Gasteiger partial charge on any atom is 0.146 e. The molecule has 1 aromatic carbocycles. The van der Waals surface area contributed by atoms with Crippen LogP contribution in [0.5, 0.6) is 0 Å². The van der Waals surface area contributed by atoms with Gasteiger partial charge < -0.3 is 5.73 Å². The fourth-order valence-electron chi connectivity index (χ4n) is 1.75. The molecule has 0 radical (unpaired) electrons. The molecule has 0 aromatic heterocycles. The monoisotopic (exact) mass is 235 g/mol. The predicted molar refractivity (Wildman–Crippen MR) is 64.8 cm³/mol. The highest BCUT2D eigenvalue weighted by Gasteiger charge is 2.28. The molecule has 0 amide bonds. The van der Waals surface area contributed by atoms with Crippen LogP contribution < -0.4 is 10.7 Å². The number of rotatable bonds is 4. The van der Waals surface area contributed by atoms with E-state index >= 15 is 0 Å². The predicted octanol–water partition coefficient (Wildman–Crippen LogP) is 2.70. The number of hydrogen-bond donors (Lipinski definition) is 2. The molecule has 0 heterocycles. The Hall–Kier alpha value is -1.98. The number of anilines is 2. The van der Waals surface area contributed by atoms with E-state index in [2.05, 4.69) is 10.3 Å². The number of halogens is 1. The molecular weight excluding hydrogens is 221 g/mol. The largest absolute Gasteiger partial charge is 0.396 e. The van der Waals surface area contributed by atoms with Crippen molar-refractivity contribution in [3.05, 3.63) is 23.5 Å². The third-order valence-electron chi connectivity index (χ3n) is 2.72. The highest BCUT2D eigenvalue weighted by molar-refractivity contribution is 5.80. The normalized spacial score (nSPS) is 15.2. The third-order valence-corrected chi connectivity index (χ3v) is 2.72. The van der Waals surface area contributed by atoms with E-state index in [-0.39, 0.29) is 5.69 Å². The Bertz CT molecular complexity index is 467. The van der Waals surface area contributed by atoms with Crippen LogP contribution in [-0.4, -0.2) is 13.4 Å². The summed E-state index contributed by atoms with van der Waals surface area (Å²) in [6, 6.07) is 2.94. The zero-order valence-electron chi connectivity index (χ0n) is 9.52. The number of hydrogen-bond acceptors (Lipinski definition) is 4. The molecular formula is C11H14FN5. The highest BCUT2D eigenvalue weighted by atomic mass is 19.1. The van der Waals surface area contributed by atoms with Crippen LogP contribution in [0.4, 0.5) is 15.8 Å². The Morgan fingerprint density at radius 2 is 2.24 bits per heavy atom. The van der Waals surface area contributed by atoms with Crippen molar-refractivity contribution in [2.24, 2.45) is 10.3 Å². The van der Waals surface area contributed by atoms with Gasteiger partial charge in [0.1, 0.15) is 12.2 Å². The Kier molecular flexibility index (Phi) is 3.03. The topological polar surface area (TPSA) is 77.8 Å². The summed E-state index contributed by atoms with van der Waals surface area (Å²) >= 11 is 0. The Morgan fingerprint density at radius 3 is 2.76 bits per heavy atom. The first-order valence-electron chi connectivity index (χ1n) is 5.36. The quantitative estimate of drug-likeness (QED) is 0.277. The number of nitrogens with two attached hydrogens (primary N) is 1. The van der Waals surface area contributed by atoms with Crippen LogP contribution >= 0.6 is 0 Å². The van der Waals surface area contributed by atoms with Crippen LogP contribution in [-0.2, 0) is 0 Å². The standard InChI is InChI=1S/C11H14FN5/c1-15-16-17(6-13)11-5-10(14)9(12)4-8(11)7-2-3-7/h4-7,13H,2-3,14H2,1H3/b13-6?,16-15-.